The summed E-state index contributed by atoms with van der Waals surface area (Å²) in [6, 6.07) is 4.30. The molecule has 0 bridgehead atoms. The average Bonchev–Trinajstić information content (AvgIpc) is 2.65. The molecule has 0 aliphatic carbocycles. The zero-order valence-electron chi connectivity index (χ0n) is 14.2. The summed E-state index contributed by atoms with van der Waals surface area (Å²) in [6.45, 7) is 1.48. The van der Waals surface area contributed by atoms with Crippen molar-refractivity contribution in [3.8, 4) is 0 Å². The third-order valence-electron chi connectivity index (χ3n) is 3.67. The number of carbonyl (C=O) groups is 2. The quantitative estimate of drug-likeness (QED) is 0.507. The molecule has 0 saturated carbocycles. The van der Waals surface area contributed by atoms with E-state index in [0.717, 1.165) is 0 Å². The first kappa shape index (κ1) is 19.6. The Balaban J connectivity index is 2.08. The van der Waals surface area contributed by atoms with Crippen molar-refractivity contribution in [3.63, 3.8) is 0 Å². The lowest BCUT2D eigenvalue weighted by molar-refractivity contribution is 0.103. The van der Waals surface area contributed by atoms with Crippen molar-refractivity contribution in [2.45, 2.75) is 6.92 Å². The fourth-order valence-electron chi connectivity index (χ4n) is 2.45. The Morgan fingerprint density at radius 3 is 2.61 bits per heavy atom. The Bertz CT molecular complexity index is 1110. The maximum Gasteiger partial charge on any atom is 0.411 e. The van der Waals surface area contributed by atoms with Crippen molar-refractivity contribution in [1.82, 2.24) is 9.97 Å². The van der Waals surface area contributed by atoms with Crippen LogP contribution >= 0.6 is 11.6 Å². The van der Waals surface area contributed by atoms with Gasteiger partial charge in [-0.15, -0.1) is 0 Å². The molecule has 144 valence electrons. The Kier molecular flexibility index (Phi) is 5.46. The number of carbonyl (C=O) groups excluding carboxylic acids is 2. The second kappa shape index (κ2) is 7.81. The van der Waals surface area contributed by atoms with Crippen LogP contribution in [0, 0.1) is 17.5 Å². The summed E-state index contributed by atoms with van der Waals surface area (Å²) in [7, 11) is 0. The number of aromatic nitrogens is 2. The van der Waals surface area contributed by atoms with Crippen LogP contribution in [0.1, 0.15) is 22.8 Å². The van der Waals surface area contributed by atoms with Gasteiger partial charge in [0.25, 0.3) is 0 Å². The summed E-state index contributed by atoms with van der Waals surface area (Å²) in [6.07, 6.45) is 0.214. The van der Waals surface area contributed by atoms with Crippen LogP contribution < -0.4 is 5.32 Å². The van der Waals surface area contributed by atoms with Crippen LogP contribution in [0.15, 0.2) is 30.5 Å². The number of fused-ring (bicyclic) bond motifs is 1. The monoisotopic (exact) mass is 409 g/mol. The zero-order valence-corrected chi connectivity index (χ0v) is 15.0. The topological polar surface area (TPSA) is 81.2 Å². The van der Waals surface area contributed by atoms with Crippen molar-refractivity contribution in [2.24, 2.45) is 0 Å². The molecule has 1 amide bonds. The van der Waals surface area contributed by atoms with Gasteiger partial charge in [0, 0.05) is 11.6 Å². The van der Waals surface area contributed by atoms with Crippen LogP contribution in [0.2, 0.25) is 5.15 Å². The maximum atomic E-state index is 14.7. The predicted molar refractivity (Wildman–Crippen MR) is 94.9 cm³/mol. The number of hydrogen-bond donors (Lipinski definition) is 1. The second-order valence-corrected chi connectivity index (χ2v) is 5.87. The van der Waals surface area contributed by atoms with E-state index in [9.17, 15) is 22.8 Å². The van der Waals surface area contributed by atoms with Crippen LogP contribution in [-0.4, -0.2) is 28.5 Å². The summed E-state index contributed by atoms with van der Waals surface area (Å²) in [5.74, 6) is -5.78. The number of amides is 1. The third-order valence-corrected chi connectivity index (χ3v) is 3.85. The second-order valence-electron chi connectivity index (χ2n) is 5.48. The molecule has 1 N–H and O–H groups in total. The lowest BCUT2D eigenvalue weighted by Crippen LogP contribution is -2.17. The fraction of sp³-hybridized carbons (Fsp3) is 0.111. The van der Waals surface area contributed by atoms with Gasteiger partial charge in [-0.3, -0.25) is 15.1 Å². The smallest absolute Gasteiger partial charge is 0.411 e. The van der Waals surface area contributed by atoms with Gasteiger partial charge in [0.05, 0.1) is 35.1 Å². The number of nitrogens with one attached hydrogen (secondary N) is 1. The van der Waals surface area contributed by atoms with Crippen molar-refractivity contribution in [2.75, 3.05) is 11.9 Å². The standard InChI is InChI=1S/C18H11ClF3N3O3/c1-2-28-18(27)25-12-6-9(20)15(21)14(16(12)22)17(26)8-3-4-10-11(5-8)24-13(19)7-23-10/h3-7H,2H2,1H3,(H,25,27). The van der Waals surface area contributed by atoms with Gasteiger partial charge >= 0.3 is 6.09 Å². The number of anilines is 1. The molecule has 0 fully saturated rings. The van der Waals surface area contributed by atoms with Crippen LogP contribution in [-0.2, 0) is 4.74 Å². The molecule has 0 spiro atoms. The molecular weight excluding hydrogens is 399 g/mol. The summed E-state index contributed by atoms with van der Waals surface area (Å²) < 4.78 is 47.4. The van der Waals surface area contributed by atoms with Crippen LogP contribution in [0.4, 0.5) is 23.7 Å². The summed E-state index contributed by atoms with van der Waals surface area (Å²) in [5.41, 5.74) is -1.47. The van der Waals surface area contributed by atoms with E-state index in [1.54, 1.807) is 0 Å². The van der Waals surface area contributed by atoms with Gasteiger partial charge in [0.15, 0.2) is 23.2 Å². The van der Waals surface area contributed by atoms with Crippen molar-refractivity contribution >= 4 is 40.2 Å². The van der Waals surface area contributed by atoms with Gasteiger partial charge in [-0.2, -0.15) is 0 Å². The molecule has 0 radical (unpaired) electrons. The number of halogens is 4. The minimum Gasteiger partial charge on any atom is -0.450 e. The number of ether oxygens (including phenoxy) is 1. The number of ketones is 1. The Morgan fingerprint density at radius 2 is 1.89 bits per heavy atom. The highest BCUT2D eigenvalue weighted by Crippen LogP contribution is 2.27. The predicted octanol–water partition coefficient (Wildman–Crippen LogP) is 4.50. The zero-order chi connectivity index (χ0) is 20.4. The van der Waals surface area contributed by atoms with Crippen LogP contribution in [0.3, 0.4) is 0 Å². The Hall–Kier alpha value is -3.20. The summed E-state index contributed by atoms with van der Waals surface area (Å²) >= 11 is 5.75. The molecule has 0 unspecified atom stereocenters. The largest absolute Gasteiger partial charge is 0.450 e. The van der Waals surface area contributed by atoms with Gasteiger partial charge in [0.2, 0.25) is 0 Å². The van der Waals surface area contributed by atoms with Gasteiger partial charge < -0.3 is 4.74 Å². The van der Waals surface area contributed by atoms with E-state index in [1.807, 2.05) is 5.32 Å². The molecule has 28 heavy (non-hydrogen) atoms. The Morgan fingerprint density at radius 1 is 1.14 bits per heavy atom. The van der Waals surface area contributed by atoms with Gasteiger partial charge in [-0.1, -0.05) is 11.6 Å². The first-order valence-corrected chi connectivity index (χ1v) is 8.28. The van der Waals surface area contributed by atoms with Gasteiger partial charge in [0.1, 0.15) is 5.15 Å². The lowest BCUT2D eigenvalue weighted by atomic mass is 10.0. The van der Waals surface area contributed by atoms with Crippen molar-refractivity contribution in [3.05, 3.63) is 64.2 Å². The molecular formula is C18H11ClF3N3O3. The SMILES string of the molecule is CCOC(=O)Nc1cc(F)c(F)c(C(=O)c2ccc3ncc(Cl)nc3c2)c1F. The molecule has 0 aliphatic heterocycles. The molecule has 0 saturated heterocycles. The van der Waals surface area contributed by atoms with E-state index < -0.39 is 40.6 Å². The lowest BCUT2D eigenvalue weighted by Gasteiger charge is -2.11. The van der Waals surface area contributed by atoms with Crippen molar-refractivity contribution in [1.29, 1.82) is 0 Å². The van der Waals surface area contributed by atoms with E-state index in [2.05, 4.69) is 14.7 Å². The van der Waals surface area contributed by atoms with E-state index in [1.165, 1.54) is 31.3 Å². The van der Waals surface area contributed by atoms with E-state index in [0.29, 0.717) is 11.6 Å². The normalized spacial score (nSPS) is 10.8. The maximum absolute atomic E-state index is 14.7. The van der Waals surface area contributed by atoms with Crippen molar-refractivity contribution < 1.29 is 27.5 Å². The number of hydrogen-bond acceptors (Lipinski definition) is 5. The molecule has 1 aromatic heterocycles. The van der Waals surface area contributed by atoms with Gasteiger partial charge in [-0.25, -0.2) is 22.9 Å². The molecule has 6 nitrogen and oxygen atoms in total. The molecule has 1 heterocycles. The number of benzene rings is 2. The van der Waals surface area contributed by atoms with Crippen LogP contribution in [0.25, 0.3) is 11.0 Å². The van der Waals surface area contributed by atoms with E-state index >= 15 is 0 Å². The summed E-state index contributed by atoms with van der Waals surface area (Å²) in [5, 5.41) is 1.98. The van der Waals surface area contributed by atoms with E-state index in [-0.39, 0.29) is 22.8 Å². The highest BCUT2D eigenvalue weighted by atomic mass is 35.5. The Labute approximate surface area is 161 Å². The molecule has 0 atom stereocenters. The molecule has 2 aromatic carbocycles. The first-order valence-electron chi connectivity index (χ1n) is 7.90. The average molecular weight is 410 g/mol. The highest BCUT2D eigenvalue weighted by Gasteiger charge is 2.26. The highest BCUT2D eigenvalue weighted by molar-refractivity contribution is 6.29. The minimum atomic E-state index is -1.69. The molecule has 3 rings (SSSR count). The molecule has 3 aromatic rings. The molecule has 0 aliphatic rings. The number of nitrogens with zero attached hydrogens (tertiary/aromatic N) is 2. The number of rotatable bonds is 4. The van der Waals surface area contributed by atoms with Crippen LogP contribution in [0.5, 0.6) is 0 Å². The van der Waals surface area contributed by atoms with Gasteiger partial charge in [-0.05, 0) is 25.1 Å². The first-order chi connectivity index (χ1) is 13.3. The molecule has 10 heteroatoms. The van der Waals surface area contributed by atoms with E-state index in [4.69, 9.17) is 11.6 Å². The third kappa shape index (κ3) is 3.74. The summed E-state index contributed by atoms with van der Waals surface area (Å²) in [4.78, 5) is 32.1. The minimum absolute atomic E-state index is 0.0242. The fourth-order valence-corrected chi connectivity index (χ4v) is 2.59.